The first-order valence-corrected chi connectivity index (χ1v) is 6.44. The van der Waals surface area contributed by atoms with Crippen LogP contribution in [0.1, 0.15) is 40.5 Å². The van der Waals surface area contributed by atoms with Gasteiger partial charge in [-0.15, -0.1) is 0 Å². The third-order valence-corrected chi connectivity index (χ3v) is 3.00. The zero-order valence-electron chi connectivity index (χ0n) is 11.9. The summed E-state index contributed by atoms with van der Waals surface area (Å²) in [5.41, 5.74) is 0.660. The first kappa shape index (κ1) is 14.9. The van der Waals surface area contributed by atoms with E-state index in [4.69, 9.17) is 0 Å². The molecule has 0 bridgehead atoms. The molecule has 1 aliphatic rings. The first-order valence-electron chi connectivity index (χ1n) is 6.44. The Morgan fingerprint density at radius 3 is 2.28 bits per heavy atom. The molecule has 2 amide bonds. The number of hydrogen-bond acceptors (Lipinski definition) is 3. The lowest BCUT2D eigenvalue weighted by atomic mass is 9.81. The standard InChI is InChI=1S/C14H24N2O2/c1-10(2)15-8-11(3)9-16-12(17)6-14(4,5)7-13(16)18/h10,15H,3,6-9H2,1-2,4-5H3. The highest BCUT2D eigenvalue weighted by Gasteiger charge is 2.37. The van der Waals surface area contributed by atoms with Crippen LogP contribution in [-0.4, -0.2) is 35.8 Å². The van der Waals surface area contributed by atoms with E-state index in [1.165, 1.54) is 4.90 Å². The van der Waals surface area contributed by atoms with E-state index in [1.807, 2.05) is 27.7 Å². The topological polar surface area (TPSA) is 49.4 Å². The highest BCUT2D eigenvalue weighted by molar-refractivity contribution is 5.98. The van der Waals surface area contributed by atoms with Gasteiger partial charge in [-0.2, -0.15) is 0 Å². The Morgan fingerprint density at radius 1 is 1.33 bits per heavy atom. The zero-order chi connectivity index (χ0) is 13.9. The second-order valence-electron chi connectivity index (χ2n) is 6.18. The Kier molecular flexibility index (Phi) is 4.68. The maximum Gasteiger partial charge on any atom is 0.230 e. The molecule has 0 radical (unpaired) electrons. The van der Waals surface area contributed by atoms with E-state index in [0.29, 0.717) is 32.0 Å². The molecule has 18 heavy (non-hydrogen) atoms. The van der Waals surface area contributed by atoms with E-state index >= 15 is 0 Å². The molecule has 1 heterocycles. The minimum absolute atomic E-state index is 0.0815. The van der Waals surface area contributed by atoms with E-state index in [0.717, 1.165) is 5.57 Å². The van der Waals surface area contributed by atoms with Crippen LogP contribution < -0.4 is 5.32 Å². The number of hydrogen-bond donors (Lipinski definition) is 1. The maximum absolute atomic E-state index is 11.9. The fourth-order valence-electron chi connectivity index (χ4n) is 2.02. The molecule has 0 aromatic heterocycles. The molecule has 1 aliphatic heterocycles. The summed E-state index contributed by atoms with van der Waals surface area (Å²) in [6.45, 7) is 12.9. The van der Waals surface area contributed by atoms with Crippen molar-refractivity contribution in [3.8, 4) is 0 Å². The number of imide groups is 1. The van der Waals surface area contributed by atoms with Crippen LogP contribution in [0.4, 0.5) is 0 Å². The third-order valence-electron chi connectivity index (χ3n) is 3.00. The number of carbonyl (C=O) groups is 2. The number of piperidine rings is 1. The predicted octanol–water partition coefficient (Wildman–Crippen LogP) is 1.72. The summed E-state index contributed by atoms with van der Waals surface area (Å²) in [6, 6.07) is 0.369. The molecular formula is C14H24N2O2. The normalized spacial score (nSPS) is 19.5. The van der Waals surface area contributed by atoms with Crippen molar-refractivity contribution in [2.24, 2.45) is 5.41 Å². The van der Waals surface area contributed by atoms with Gasteiger partial charge in [-0.25, -0.2) is 0 Å². The van der Waals surface area contributed by atoms with Crippen molar-refractivity contribution in [3.63, 3.8) is 0 Å². The average molecular weight is 252 g/mol. The summed E-state index contributed by atoms with van der Waals surface area (Å²) < 4.78 is 0. The molecule has 1 fully saturated rings. The minimum Gasteiger partial charge on any atom is -0.311 e. The predicted molar refractivity (Wildman–Crippen MR) is 72.0 cm³/mol. The average Bonchev–Trinajstić information content (AvgIpc) is 2.19. The largest absolute Gasteiger partial charge is 0.311 e. The fraction of sp³-hybridized carbons (Fsp3) is 0.714. The van der Waals surface area contributed by atoms with Gasteiger partial charge in [0.1, 0.15) is 0 Å². The van der Waals surface area contributed by atoms with Crippen LogP contribution in [0.25, 0.3) is 0 Å². The molecule has 102 valence electrons. The number of likely N-dealkylation sites (tertiary alicyclic amines) is 1. The number of carbonyl (C=O) groups excluding carboxylic acids is 2. The van der Waals surface area contributed by atoms with Crippen molar-refractivity contribution in [2.45, 2.75) is 46.6 Å². The van der Waals surface area contributed by atoms with Gasteiger partial charge in [-0.3, -0.25) is 14.5 Å². The van der Waals surface area contributed by atoms with Crippen molar-refractivity contribution in [2.75, 3.05) is 13.1 Å². The number of amides is 2. The van der Waals surface area contributed by atoms with Crippen LogP contribution in [0, 0.1) is 5.41 Å². The van der Waals surface area contributed by atoms with Gasteiger partial charge in [-0.05, 0) is 11.0 Å². The summed E-state index contributed by atoms with van der Waals surface area (Å²) >= 11 is 0. The minimum atomic E-state index is -0.206. The van der Waals surface area contributed by atoms with Crippen LogP contribution in [0.15, 0.2) is 12.2 Å². The van der Waals surface area contributed by atoms with Crippen LogP contribution >= 0.6 is 0 Å². The zero-order valence-corrected chi connectivity index (χ0v) is 11.9. The Morgan fingerprint density at radius 2 is 1.83 bits per heavy atom. The van der Waals surface area contributed by atoms with Crippen molar-refractivity contribution < 1.29 is 9.59 Å². The molecule has 0 unspecified atom stereocenters. The van der Waals surface area contributed by atoms with Crippen LogP contribution in [0.5, 0.6) is 0 Å². The third kappa shape index (κ3) is 4.26. The molecular weight excluding hydrogens is 228 g/mol. The van der Waals surface area contributed by atoms with E-state index in [-0.39, 0.29) is 17.2 Å². The van der Waals surface area contributed by atoms with Crippen molar-refractivity contribution in [3.05, 3.63) is 12.2 Å². The molecule has 0 atom stereocenters. The summed E-state index contributed by atoms with van der Waals surface area (Å²) in [4.78, 5) is 25.2. The number of rotatable bonds is 5. The first-order chi connectivity index (χ1) is 8.21. The Bertz CT molecular complexity index is 339. The second kappa shape index (κ2) is 5.65. The quantitative estimate of drug-likeness (QED) is 0.598. The van der Waals surface area contributed by atoms with Crippen molar-refractivity contribution >= 4 is 11.8 Å². The molecule has 0 aromatic rings. The van der Waals surface area contributed by atoms with Gasteiger partial charge in [0, 0.05) is 25.4 Å². The van der Waals surface area contributed by atoms with Gasteiger partial charge in [0.15, 0.2) is 0 Å². The highest BCUT2D eigenvalue weighted by atomic mass is 16.2. The summed E-state index contributed by atoms with van der Waals surface area (Å²) in [5.74, 6) is -0.163. The second-order valence-corrected chi connectivity index (χ2v) is 6.18. The lowest BCUT2D eigenvalue weighted by Gasteiger charge is -2.35. The fourth-order valence-corrected chi connectivity index (χ4v) is 2.02. The van der Waals surface area contributed by atoms with Gasteiger partial charge in [0.2, 0.25) is 11.8 Å². The molecule has 0 aromatic carbocycles. The van der Waals surface area contributed by atoms with Gasteiger partial charge in [-0.1, -0.05) is 34.3 Å². The summed E-state index contributed by atoms with van der Waals surface area (Å²) in [6.07, 6.45) is 0.868. The van der Waals surface area contributed by atoms with Crippen LogP contribution in [0.3, 0.4) is 0 Å². The molecule has 1 N–H and O–H groups in total. The lowest BCUT2D eigenvalue weighted by molar-refractivity contribution is -0.151. The van der Waals surface area contributed by atoms with Gasteiger partial charge in [0.25, 0.3) is 0 Å². The van der Waals surface area contributed by atoms with E-state index in [1.54, 1.807) is 0 Å². The molecule has 0 aliphatic carbocycles. The lowest BCUT2D eigenvalue weighted by Crippen LogP contribution is -2.47. The Balaban J connectivity index is 2.54. The maximum atomic E-state index is 11.9. The van der Waals surface area contributed by atoms with Gasteiger partial charge < -0.3 is 5.32 Å². The number of nitrogens with zero attached hydrogens (tertiary/aromatic N) is 1. The summed E-state index contributed by atoms with van der Waals surface area (Å²) in [7, 11) is 0. The number of nitrogens with one attached hydrogen (secondary N) is 1. The summed E-state index contributed by atoms with van der Waals surface area (Å²) in [5, 5.41) is 3.23. The van der Waals surface area contributed by atoms with Crippen LogP contribution in [0.2, 0.25) is 0 Å². The van der Waals surface area contributed by atoms with Crippen LogP contribution in [-0.2, 0) is 9.59 Å². The Hall–Kier alpha value is -1.16. The van der Waals surface area contributed by atoms with Gasteiger partial charge >= 0.3 is 0 Å². The van der Waals surface area contributed by atoms with Crippen molar-refractivity contribution in [1.29, 1.82) is 0 Å². The Labute approximate surface area is 109 Å². The monoisotopic (exact) mass is 252 g/mol. The van der Waals surface area contributed by atoms with Crippen molar-refractivity contribution in [1.82, 2.24) is 10.2 Å². The molecule has 4 heteroatoms. The smallest absolute Gasteiger partial charge is 0.230 e. The SMILES string of the molecule is C=C(CNC(C)C)CN1C(=O)CC(C)(C)CC1=O. The highest BCUT2D eigenvalue weighted by Crippen LogP contribution is 2.31. The van der Waals surface area contributed by atoms with E-state index in [9.17, 15) is 9.59 Å². The molecule has 1 rings (SSSR count). The molecule has 0 spiro atoms. The molecule has 0 saturated carbocycles. The molecule has 1 saturated heterocycles. The van der Waals surface area contributed by atoms with E-state index in [2.05, 4.69) is 11.9 Å². The molecule has 4 nitrogen and oxygen atoms in total. The van der Waals surface area contributed by atoms with Gasteiger partial charge in [0.05, 0.1) is 6.54 Å². The van der Waals surface area contributed by atoms with E-state index < -0.39 is 0 Å².